The number of benzene rings is 1. The van der Waals surface area contributed by atoms with Gasteiger partial charge < -0.3 is 10.4 Å². The summed E-state index contributed by atoms with van der Waals surface area (Å²) >= 11 is 0. The van der Waals surface area contributed by atoms with E-state index in [2.05, 4.69) is 5.32 Å². The van der Waals surface area contributed by atoms with Crippen molar-refractivity contribution in [2.75, 3.05) is 6.54 Å². The van der Waals surface area contributed by atoms with Gasteiger partial charge in [0.15, 0.2) is 0 Å². The Labute approximate surface area is 96.3 Å². The van der Waals surface area contributed by atoms with Crippen LogP contribution in [0.15, 0.2) is 24.3 Å². The van der Waals surface area contributed by atoms with Crippen LogP contribution in [0.2, 0.25) is 0 Å². The Morgan fingerprint density at radius 3 is 2.35 bits per heavy atom. The molecule has 0 aliphatic heterocycles. The molecule has 1 aromatic rings. The molecule has 0 fully saturated rings. The Bertz CT molecular complexity index is 429. The number of carboxylic acids is 1. The van der Waals surface area contributed by atoms with Crippen LogP contribution < -0.4 is 5.32 Å². The van der Waals surface area contributed by atoms with Gasteiger partial charge in [0.2, 0.25) is 5.67 Å². The third-order valence-corrected chi connectivity index (χ3v) is 2.13. The fourth-order valence-electron chi connectivity index (χ4n) is 1.03. The van der Waals surface area contributed by atoms with Gasteiger partial charge in [-0.25, -0.2) is 13.6 Å². The Balaban J connectivity index is 2.62. The molecule has 0 saturated heterocycles. The summed E-state index contributed by atoms with van der Waals surface area (Å²) in [6.07, 6.45) is 0. The lowest BCUT2D eigenvalue weighted by atomic mass is 10.1. The fraction of sp³-hybridized carbons (Fsp3) is 0.273. The van der Waals surface area contributed by atoms with Gasteiger partial charge in [-0.15, -0.1) is 0 Å². The molecule has 0 aliphatic rings. The standard InChI is InChI=1S/C11H11F2NO3/c1-11(13,10(16)17)6-14-9(15)7-2-4-8(12)5-3-7/h2-5H,6H2,1H3,(H,14,15)(H,16,17). The van der Waals surface area contributed by atoms with Gasteiger partial charge in [-0.1, -0.05) is 0 Å². The molecule has 0 aromatic heterocycles. The maximum Gasteiger partial charge on any atom is 0.343 e. The van der Waals surface area contributed by atoms with Crippen LogP contribution in [0, 0.1) is 5.82 Å². The van der Waals surface area contributed by atoms with Crippen LogP contribution in [0.1, 0.15) is 17.3 Å². The first kappa shape index (κ1) is 13.1. The van der Waals surface area contributed by atoms with Crippen LogP contribution >= 0.6 is 0 Å². The highest BCUT2D eigenvalue weighted by molar-refractivity contribution is 5.94. The molecule has 1 rings (SSSR count). The quantitative estimate of drug-likeness (QED) is 0.839. The van der Waals surface area contributed by atoms with Crippen LogP contribution in [-0.2, 0) is 4.79 Å². The number of amides is 1. The molecule has 0 aliphatic carbocycles. The normalized spacial score (nSPS) is 13.8. The van der Waals surface area contributed by atoms with Crippen molar-refractivity contribution in [1.29, 1.82) is 0 Å². The van der Waals surface area contributed by atoms with Crippen LogP contribution in [0.5, 0.6) is 0 Å². The van der Waals surface area contributed by atoms with Crippen molar-refractivity contribution < 1.29 is 23.5 Å². The maximum atomic E-state index is 13.3. The summed E-state index contributed by atoms with van der Waals surface area (Å²) in [6.45, 7) is 0.193. The Morgan fingerprint density at radius 1 is 1.35 bits per heavy atom. The number of aliphatic carboxylic acids is 1. The van der Waals surface area contributed by atoms with E-state index < -0.39 is 29.9 Å². The van der Waals surface area contributed by atoms with Crippen LogP contribution in [-0.4, -0.2) is 29.2 Å². The zero-order valence-corrected chi connectivity index (χ0v) is 9.04. The minimum Gasteiger partial charge on any atom is -0.479 e. The number of carbonyl (C=O) groups excluding carboxylic acids is 1. The molecule has 0 bridgehead atoms. The molecule has 1 unspecified atom stereocenters. The smallest absolute Gasteiger partial charge is 0.343 e. The third kappa shape index (κ3) is 3.51. The second-order valence-corrected chi connectivity index (χ2v) is 3.69. The fourth-order valence-corrected chi connectivity index (χ4v) is 1.03. The van der Waals surface area contributed by atoms with Crippen molar-refractivity contribution in [1.82, 2.24) is 5.32 Å². The van der Waals surface area contributed by atoms with Gasteiger partial charge >= 0.3 is 5.97 Å². The molecule has 1 amide bonds. The SMILES string of the molecule is CC(F)(CNC(=O)c1ccc(F)cc1)C(=O)O. The van der Waals surface area contributed by atoms with E-state index in [1.54, 1.807) is 0 Å². The van der Waals surface area contributed by atoms with Gasteiger partial charge in [-0.2, -0.15) is 0 Å². The zero-order chi connectivity index (χ0) is 13.1. The number of carbonyl (C=O) groups is 2. The van der Waals surface area contributed by atoms with Gasteiger partial charge in [-0.05, 0) is 31.2 Å². The average Bonchev–Trinajstić information content (AvgIpc) is 2.27. The second-order valence-electron chi connectivity index (χ2n) is 3.69. The Kier molecular flexibility index (Phi) is 3.77. The van der Waals surface area contributed by atoms with Crippen molar-refractivity contribution in [3.05, 3.63) is 35.6 Å². The summed E-state index contributed by atoms with van der Waals surface area (Å²) in [5.74, 6) is -2.81. The summed E-state index contributed by atoms with van der Waals surface area (Å²) in [6, 6.07) is 4.61. The van der Waals surface area contributed by atoms with Crippen LogP contribution in [0.25, 0.3) is 0 Å². The number of rotatable bonds is 4. The number of hydrogen-bond donors (Lipinski definition) is 2. The van der Waals surface area contributed by atoms with Crippen LogP contribution in [0.3, 0.4) is 0 Å². The number of carboxylic acid groups (broad SMARTS) is 1. The molecule has 2 N–H and O–H groups in total. The number of alkyl halides is 1. The molecule has 0 heterocycles. The summed E-state index contributed by atoms with van der Waals surface area (Å²) in [5, 5.41) is 10.6. The minimum atomic E-state index is -2.53. The van der Waals surface area contributed by atoms with Crippen LogP contribution in [0.4, 0.5) is 8.78 Å². The number of halogens is 2. The molecule has 0 saturated carbocycles. The molecule has 17 heavy (non-hydrogen) atoms. The molecular weight excluding hydrogens is 232 g/mol. The largest absolute Gasteiger partial charge is 0.479 e. The summed E-state index contributed by atoms with van der Waals surface area (Å²) < 4.78 is 25.8. The van der Waals surface area contributed by atoms with Crippen molar-refractivity contribution in [2.45, 2.75) is 12.6 Å². The molecule has 6 heteroatoms. The molecule has 1 atom stereocenters. The van der Waals surface area contributed by atoms with E-state index in [1.165, 1.54) is 12.1 Å². The molecule has 92 valence electrons. The predicted molar refractivity (Wildman–Crippen MR) is 55.9 cm³/mol. The monoisotopic (exact) mass is 243 g/mol. The summed E-state index contributed by atoms with van der Waals surface area (Å²) in [4.78, 5) is 21.9. The topological polar surface area (TPSA) is 66.4 Å². The first-order chi connectivity index (χ1) is 7.83. The van der Waals surface area contributed by atoms with E-state index in [1.807, 2.05) is 0 Å². The Hall–Kier alpha value is -1.98. The highest BCUT2D eigenvalue weighted by atomic mass is 19.1. The van der Waals surface area contributed by atoms with E-state index in [0.717, 1.165) is 19.1 Å². The first-order valence-corrected chi connectivity index (χ1v) is 4.79. The molecule has 0 spiro atoms. The lowest BCUT2D eigenvalue weighted by molar-refractivity contribution is -0.149. The Morgan fingerprint density at radius 2 is 1.88 bits per heavy atom. The van der Waals surface area contributed by atoms with E-state index in [9.17, 15) is 18.4 Å². The van der Waals surface area contributed by atoms with Gasteiger partial charge in [-0.3, -0.25) is 4.79 Å². The van der Waals surface area contributed by atoms with Gasteiger partial charge in [0.05, 0.1) is 6.54 Å². The van der Waals surface area contributed by atoms with E-state index >= 15 is 0 Å². The molecule has 4 nitrogen and oxygen atoms in total. The lowest BCUT2D eigenvalue weighted by Crippen LogP contribution is -2.43. The van der Waals surface area contributed by atoms with E-state index in [0.29, 0.717) is 0 Å². The third-order valence-electron chi connectivity index (χ3n) is 2.13. The lowest BCUT2D eigenvalue weighted by Gasteiger charge is -2.15. The number of nitrogens with one attached hydrogen (secondary N) is 1. The van der Waals surface area contributed by atoms with Crippen molar-refractivity contribution in [3.63, 3.8) is 0 Å². The van der Waals surface area contributed by atoms with Crippen molar-refractivity contribution >= 4 is 11.9 Å². The van der Waals surface area contributed by atoms with Gasteiger partial charge in [0, 0.05) is 5.56 Å². The second kappa shape index (κ2) is 4.90. The first-order valence-electron chi connectivity index (χ1n) is 4.79. The predicted octanol–water partition coefficient (Wildman–Crippen LogP) is 1.37. The van der Waals surface area contributed by atoms with Gasteiger partial charge in [0.1, 0.15) is 5.82 Å². The molecule has 1 aromatic carbocycles. The zero-order valence-electron chi connectivity index (χ0n) is 9.04. The summed E-state index contributed by atoms with van der Waals surface area (Å²) in [5.41, 5.74) is -2.40. The average molecular weight is 243 g/mol. The van der Waals surface area contributed by atoms with Crippen molar-refractivity contribution in [3.8, 4) is 0 Å². The number of hydrogen-bond acceptors (Lipinski definition) is 2. The van der Waals surface area contributed by atoms with Crippen molar-refractivity contribution in [2.24, 2.45) is 0 Å². The highest BCUT2D eigenvalue weighted by Crippen LogP contribution is 2.09. The molecule has 0 radical (unpaired) electrons. The minimum absolute atomic E-state index is 0.132. The highest BCUT2D eigenvalue weighted by Gasteiger charge is 2.33. The van der Waals surface area contributed by atoms with E-state index in [4.69, 9.17) is 5.11 Å². The van der Waals surface area contributed by atoms with Gasteiger partial charge in [0.25, 0.3) is 5.91 Å². The summed E-state index contributed by atoms with van der Waals surface area (Å²) in [7, 11) is 0. The maximum absolute atomic E-state index is 13.3. The van der Waals surface area contributed by atoms with E-state index in [-0.39, 0.29) is 5.56 Å². The molecular formula is C11H11F2NO3.